The molecule has 0 atom stereocenters. The van der Waals surface area contributed by atoms with Crippen LogP contribution in [-0.4, -0.2) is 12.5 Å². The van der Waals surface area contributed by atoms with Gasteiger partial charge in [-0.05, 0) is 23.6 Å². The highest BCUT2D eigenvalue weighted by atomic mass is 79.9. The van der Waals surface area contributed by atoms with Gasteiger partial charge in [0.25, 0.3) is 0 Å². The summed E-state index contributed by atoms with van der Waals surface area (Å²) in [4.78, 5) is 3.94. The Morgan fingerprint density at radius 3 is 2.60 bits per heavy atom. The predicted molar refractivity (Wildman–Crippen MR) is 77.3 cm³/mol. The quantitative estimate of drug-likeness (QED) is 0.643. The Morgan fingerprint density at radius 2 is 2.05 bits per heavy atom. The fourth-order valence-corrected chi connectivity index (χ4v) is 1.85. The fourth-order valence-electron chi connectivity index (χ4n) is 1.49. The zero-order valence-electron chi connectivity index (χ0n) is 11.3. The van der Waals surface area contributed by atoms with Gasteiger partial charge in [-0.15, -0.1) is 0 Å². The second-order valence-electron chi connectivity index (χ2n) is 4.78. The number of alkyl halides is 3. The summed E-state index contributed by atoms with van der Waals surface area (Å²) in [6.45, 7) is 4.51. The number of hydrogen-bond acceptors (Lipinski definition) is 1. The lowest BCUT2D eigenvalue weighted by molar-refractivity contribution is -0.138. The highest BCUT2D eigenvalue weighted by Crippen LogP contribution is 2.34. The van der Waals surface area contributed by atoms with Crippen LogP contribution in [0.1, 0.15) is 25.0 Å². The van der Waals surface area contributed by atoms with Crippen molar-refractivity contribution in [2.75, 3.05) is 6.54 Å². The maximum Gasteiger partial charge on any atom is 0.416 e. The number of halogens is 4. The second-order valence-corrected chi connectivity index (χ2v) is 5.69. The monoisotopic (exact) mass is 351 g/mol. The molecule has 7 heteroatoms. The van der Waals surface area contributed by atoms with Gasteiger partial charge in [-0.2, -0.15) is 13.2 Å². The summed E-state index contributed by atoms with van der Waals surface area (Å²) in [6.07, 6.45) is -4.41. The van der Waals surface area contributed by atoms with Crippen molar-refractivity contribution < 1.29 is 13.2 Å². The van der Waals surface area contributed by atoms with Crippen molar-refractivity contribution in [2.45, 2.75) is 26.6 Å². The highest BCUT2D eigenvalue weighted by Gasteiger charge is 2.33. The third-order valence-corrected chi connectivity index (χ3v) is 2.98. The van der Waals surface area contributed by atoms with Crippen LogP contribution in [0.15, 0.2) is 27.7 Å². The van der Waals surface area contributed by atoms with Crippen molar-refractivity contribution in [3.8, 4) is 0 Å². The molecule has 0 unspecified atom stereocenters. The Hall–Kier alpha value is -1.24. The van der Waals surface area contributed by atoms with Gasteiger partial charge < -0.3 is 11.1 Å². The SMILES string of the molecule is CC(C)CNC(N)=NCc1ccc(Br)cc1C(F)(F)F. The van der Waals surface area contributed by atoms with Crippen LogP contribution in [0.2, 0.25) is 0 Å². The van der Waals surface area contributed by atoms with Gasteiger partial charge in [0.05, 0.1) is 12.1 Å². The average Bonchev–Trinajstić information content (AvgIpc) is 2.33. The van der Waals surface area contributed by atoms with Crippen molar-refractivity contribution in [1.82, 2.24) is 5.32 Å². The predicted octanol–water partition coefficient (Wildman–Crippen LogP) is 3.53. The van der Waals surface area contributed by atoms with E-state index in [1.807, 2.05) is 13.8 Å². The molecule has 3 N–H and O–H groups in total. The minimum Gasteiger partial charge on any atom is -0.370 e. The molecule has 20 heavy (non-hydrogen) atoms. The van der Waals surface area contributed by atoms with Gasteiger partial charge in [0, 0.05) is 11.0 Å². The van der Waals surface area contributed by atoms with E-state index in [2.05, 4.69) is 26.2 Å². The van der Waals surface area contributed by atoms with Gasteiger partial charge in [0.15, 0.2) is 5.96 Å². The number of nitrogens with two attached hydrogens (primary N) is 1. The molecule has 0 spiro atoms. The van der Waals surface area contributed by atoms with E-state index in [0.717, 1.165) is 6.07 Å². The molecule has 0 saturated carbocycles. The molecule has 0 bridgehead atoms. The molecule has 112 valence electrons. The number of aliphatic imine (C=N–C) groups is 1. The van der Waals surface area contributed by atoms with Gasteiger partial charge >= 0.3 is 6.18 Å². The van der Waals surface area contributed by atoms with E-state index < -0.39 is 11.7 Å². The molecule has 0 amide bonds. The summed E-state index contributed by atoms with van der Waals surface area (Å²) < 4.78 is 39.0. The molecular weight excluding hydrogens is 335 g/mol. The van der Waals surface area contributed by atoms with E-state index in [0.29, 0.717) is 16.9 Å². The molecule has 1 aromatic rings. The number of rotatable bonds is 4. The number of nitrogens with zero attached hydrogens (tertiary/aromatic N) is 1. The average molecular weight is 352 g/mol. The van der Waals surface area contributed by atoms with E-state index in [1.54, 1.807) is 6.07 Å². The minimum atomic E-state index is -4.41. The summed E-state index contributed by atoms with van der Waals surface area (Å²) in [5.41, 5.74) is 5.00. The summed E-state index contributed by atoms with van der Waals surface area (Å²) in [5, 5.41) is 2.86. The molecule has 0 heterocycles. The van der Waals surface area contributed by atoms with Crippen molar-refractivity contribution >= 4 is 21.9 Å². The summed E-state index contributed by atoms with van der Waals surface area (Å²) in [7, 11) is 0. The third kappa shape index (κ3) is 5.40. The molecule has 1 rings (SSSR count). The van der Waals surface area contributed by atoms with E-state index in [1.165, 1.54) is 6.07 Å². The number of benzene rings is 1. The van der Waals surface area contributed by atoms with Crippen molar-refractivity contribution in [2.24, 2.45) is 16.6 Å². The lowest BCUT2D eigenvalue weighted by Crippen LogP contribution is -2.34. The topological polar surface area (TPSA) is 50.4 Å². The normalized spacial score (nSPS) is 12.8. The minimum absolute atomic E-state index is 0.0926. The van der Waals surface area contributed by atoms with E-state index >= 15 is 0 Å². The molecular formula is C13H17BrF3N3. The van der Waals surface area contributed by atoms with Crippen molar-refractivity contribution in [1.29, 1.82) is 0 Å². The lowest BCUT2D eigenvalue weighted by atomic mass is 10.1. The number of hydrogen-bond donors (Lipinski definition) is 2. The largest absolute Gasteiger partial charge is 0.416 e. The Bertz CT molecular complexity index is 484. The molecule has 1 aromatic carbocycles. The summed E-state index contributed by atoms with van der Waals surface area (Å²) >= 11 is 3.04. The van der Waals surface area contributed by atoms with Crippen LogP contribution in [0.25, 0.3) is 0 Å². The van der Waals surface area contributed by atoms with Crippen LogP contribution in [-0.2, 0) is 12.7 Å². The van der Waals surface area contributed by atoms with Crippen LogP contribution in [0.4, 0.5) is 13.2 Å². The van der Waals surface area contributed by atoms with Crippen molar-refractivity contribution in [3.05, 3.63) is 33.8 Å². The Balaban J connectivity index is 2.85. The van der Waals surface area contributed by atoms with Crippen LogP contribution >= 0.6 is 15.9 Å². The number of guanidine groups is 1. The van der Waals surface area contributed by atoms with Crippen molar-refractivity contribution in [3.63, 3.8) is 0 Å². The first-order valence-corrected chi connectivity index (χ1v) is 6.89. The zero-order valence-corrected chi connectivity index (χ0v) is 12.8. The Labute approximate surface area is 124 Å². The summed E-state index contributed by atoms with van der Waals surface area (Å²) in [5.74, 6) is 0.525. The van der Waals surface area contributed by atoms with Crippen LogP contribution in [0, 0.1) is 5.92 Å². The van der Waals surface area contributed by atoms with Gasteiger partial charge in [0.2, 0.25) is 0 Å². The third-order valence-electron chi connectivity index (χ3n) is 2.49. The van der Waals surface area contributed by atoms with Gasteiger partial charge in [-0.25, -0.2) is 4.99 Å². The number of nitrogens with one attached hydrogen (secondary N) is 1. The van der Waals surface area contributed by atoms with Gasteiger partial charge in [0.1, 0.15) is 0 Å². The zero-order chi connectivity index (χ0) is 15.3. The van der Waals surface area contributed by atoms with Gasteiger partial charge in [-0.3, -0.25) is 0 Å². The van der Waals surface area contributed by atoms with Gasteiger partial charge in [-0.1, -0.05) is 35.8 Å². The molecule has 0 aromatic heterocycles. The molecule has 0 aliphatic heterocycles. The molecule has 3 nitrogen and oxygen atoms in total. The Kier molecular flexibility index (Phi) is 5.86. The maximum atomic E-state index is 12.9. The van der Waals surface area contributed by atoms with Crippen LogP contribution in [0.3, 0.4) is 0 Å². The molecule has 0 aliphatic rings. The van der Waals surface area contributed by atoms with Crippen LogP contribution in [0.5, 0.6) is 0 Å². The standard InChI is InChI=1S/C13H17BrF3N3/c1-8(2)6-19-12(18)20-7-9-3-4-10(14)5-11(9)13(15,16)17/h3-5,8H,6-7H2,1-2H3,(H3,18,19,20). The Morgan fingerprint density at radius 1 is 1.40 bits per heavy atom. The molecule has 0 fully saturated rings. The van der Waals surface area contributed by atoms with Crippen LogP contribution < -0.4 is 11.1 Å². The smallest absolute Gasteiger partial charge is 0.370 e. The van der Waals surface area contributed by atoms with E-state index in [4.69, 9.17) is 5.73 Å². The van der Waals surface area contributed by atoms with E-state index in [9.17, 15) is 13.2 Å². The first kappa shape index (κ1) is 16.8. The van der Waals surface area contributed by atoms with E-state index in [-0.39, 0.29) is 18.1 Å². The molecule has 0 aliphatic carbocycles. The molecule has 0 saturated heterocycles. The first-order valence-electron chi connectivity index (χ1n) is 6.09. The maximum absolute atomic E-state index is 12.9. The fraction of sp³-hybridized carbons (Fsp3) is 0.462. The lowest BCUT2D eigenvalue weighted by Gasteiger charge is -2.12. The second kappa shape index (κ2) is 6.97. The molecule has 0 radical (unpaired) electrons. The first-order chi connectivity index (χ1) is 9.20. The highest BCUT2D eigenvalue weighted by molar-refractivity contribution is 9.10. The summed E-state index contributed by atoms with van der Waals surface area (Å²) in [6, 6.07) is 3.99.